The lowest BCUT2D eigenvalue weighted by Crippen LogP contribution is -2.34. The van der Waals surface area contributed by atoms with Crippen molar-refractivity contribution in [1.82, 2.24) is 5.32 Å². The molecule has 4 rings (SSSR count). The number of para-hydroxylation sites is 1. The lowest BCUT2D eigenvalue weighted by molar-refractivity contribution is 0.0967. The third-order valence-corrected chi connectivity index (χ3v) is 5.76. The van der Waals surface area contributed by atoms with Gasteiger partial charge in [0.05, 0.1) is 20.6 Å². The molecule has 1 heterocycles. The zero-order valence-corrected chi connectivity index (χ0v) is 19.9. The van der Waals surface area contributed by atoms with Gasteiger partial charge in [0.1, 0.15) is 5.60 Å². The Hall–Kier alpha value is -2.93. The van der Waals surface area contributed by atoms with Crippen LogP contribution in [0.3, 0.4) is 0 Å². The van der Waals surface area contributed by atoms with Gasteiger partial charge in [0, 0.05) is 17.7 Å². The summed E-state index contributed by atoms with van der Waals surface area (Å²) in [6.45, 7) is 4.00. The molecule has 0 saturated carbocycles. The van der Waals surface area contributed by atoms with Gasteiger partial charge in [-0.25, -0.2) is 4.79 Å². The number of anilines is 1. The molecular formula is C24H19Cl3N2O4. The van der Waals surface area contributed by atoms with Crippen LogP contribution < -0.4 is 20.1 Å². The molecule has 0 spiro atoms. The maximum Gasteiger partial charge on any atom is 0.326 e. The zero-order chi connectivity index (χ0) is 23.8. The van der Waals surface area contributed by atoms with Crippen LogP contribution in [0.2, 0.25) is 15.1 Å². The van der Waals surface area contributed by atoms with E-state index in [1.165, 1.54) is 18.2 Å². The summed E-state index contributed by atoms with van der Waals surface area (Å²) in [5.74, 6) is 0.717. The van der Waals surface area contributed by atoms with E-state index in [1.807, 2.05) is 26.0 Å². The Morgan fingerprint density at radius 2 is 1.67 bits per heavy atom. The predicted molar refractivity (Wildman–Crippen MR) is 129 cm³/mol. The fourth-order valence-electron chi connectivity index (χ4n) is 3.49. The molecule has 0 unspecified atom stereocenters. The number of rotatable bonds is 4. The van der Waals surface area contributed by atoms with Crippen LogP contribution in [0.4, 0.5) is 10.5 Å². The molecule has 1 aliphatic heterocycles. The smallest absolute Gasteiger partial charge is 0.326 e. The minimum absolute atomic E-state index is 0.171. The highest BCUT2D eigenvalue weighted by Gasteiger charge is 2.32. The van der Waals surface area contributed by atoms with Gasteiger partial charge >= 0.3 is 6.03 Å². The third-order valence-electron chi connectivity index (χ3n) is 4.87. The summed E-state index contributed by atoms with van der Waals surface area (Å²) in [4.78, 5) is 24.5. The SMILES string of the molecule is CC1(C)Cc2cccc(Oc3c(Cl)cc(NC(=O)NC(=O)c4ccccc4Cl)cc3Cl)c2O1. The molecule has 0 saturated heterocycles. The summed E-state index contributed by atoms with van der Waals surface area (Å²) in [7, 11) is 0. The molecule has 3 aromatic rings. The van der Waals surface area contributed by atoms with E-state index >= 15 is 0 Å². The second-order valence-electron chi connectivity index (χ2n) is 8.04. The number of halogens is 3. The Labute approximate surface area is 205 Å². The summed E-state index contributed by atoms with van der Waals surface area (Å²) in [5.41, 5.74) is 1.15. The van der Waals surface area contributed by atoms with Gasteiger partial charge in [-0.3, -0.25) is 10.1 Å². The number of benzene rings is 3. The molecule has 9 heteroatoms. The fraction of sp³-hybridized carbons (Fsp3) is 0.167. The molecule has 3 aromatic carbocycles. The molecule has 6 nitrogen and oxygen atoms in total. The topological polar surface area (TPSA) is 76.7 Å². The molecule has 2 N–H and O–H groups in total. The Kier molecular flexibility index (Phi) is 6.43. The molecule has 0 aliphatic carbocycles. The minimum atomic E-state index is -0.766. The van der Waals surface area contributed by atoms with Gasteiger partial charge in [-0.15, -0.1) is 0 Å². The van der Waals surface area contributed by atoms with Gasteiger partial charge in [0.25, 0.3) is 5.91 Å². The van der Waals surface area contributed by atoms with Crippen molar-refractivity contribution in [2.24, 2.45) is 0 Å². The first-order valence-corrected chi connectivity index (χ1v) is 11.1. The molecular weight excluding hydrogens is 487 g/mol. The number of urea groups is 1. The molecule has 3 amide bonds. The van der Waals surface area contributed by atoms with E-state index in [9.17, 15) is 9.59 Å². The van der Waals surface area contributed by atoms with Crippen molar-refractivity contribution < 1.29 is 19.1 Å². The molecule has 0 atom stereocenters. The van der Waals surface area contributed by atoms with Crippen molar-refractivity contribution in [1.29, 1.82) is 0 Å². The van der Waals surface area contributed by atoms with Crippen LogP contribution >= 0.6 is 34.8 Å². The summed E-state index contributed by atoms with van der Waals surface area (Å²) in [6.07, 6.45) is 0.756. The van der Waals surface area contributed by atoms with E-state index in [-0.39, 0.29) is 37.7 Å². The molecule has 0 fully saturated rings. The van der Waals surface area contributed by atoms with Crippen LogP contribution in [0.15, 0.2) is 54.6 Å². The van der Waals surface area contributed by atoms with Crippen molar-refractivity contribution >= 4 is 52.4 Å². The first kappa shape index (κ1) is 23.2. The normalized spacial score (nSPS) is 13.6. The molecule has 0 radical (unpaired) electrons. The van der Waals surface area contributed by atoms with Gasteiger partial charge in [-0.1, -0.05) is 59.1 Å². The summed E-state index contributed by atoms with van der Waals surface area (Å²) >= 11 is 18.8. The van der Waals surface area contributed by atoms with Crippen molar-refractivity contribution in [3.8, 4) is 17.2 Å². The number of hydrogen-bond acceptors (Lipinski definition) is 4. The second kappa shape index (κ2) is 9.14. The zero-order valence-electron chi connectivity index (χ0n) is 17.7. The van der Waals surface area contributed by atoms with E-state index < -0.39 is 11.9 Å². The molecule has 0 aromatic heterocycles. The molecule has 33 heavy (non-hydrogen) atoms. The Morgan fingerprint density at radius 3 is 2.36 bits per heavy atom. The van der Waals surface area contributed by atoms with Crippen LogP contribution in [-0.2, 0) is 6.42 Å². The summed E-state index contributed by atoms with van der Waals surface area (Å²) in [5, 5.41) is 5.31. The second-order valence-corrected chi connectivity index (χ2v) is 9.26. The van der Waals surface area contributed by atoms with E-state index in [2.05, 4.69) is 10.6 Å². The maximum atomic E-state index is 12.3. The number of fused-ring (bicyclic) bond motifs is 1. The number of nitrogens with one attached hydrogen (secondary N) is 2. The monoisotopic (exact) mass is 504 g/mol. The fourth-order valence-corrected chi connectivity index (χ4v) is 4.27. The number of imide groups is 1. The number of carbonyl (C=O) groups is 2. The molecule has 1 aliphatic rings. The number of ether oxygens (including phenoxy) is 2. The molecule has 0 bridgehead atoms. The Morgan fingerprint density at radius 1 is 0.970 bits per heavy atom. The Balaban J connectivity index is 1.48. The van der Waals surface area contributed by atoms with Crippen molar-refractivity contribution in [2.75, 3.05) is 5.32 Å². The van der Waals surface area contributed by atoms with Crippen LogP contribution in [0.5, 0.6) is 17.2 Å². The van der Waals surface area contributed by atoms with E-state index in [0.717, 1.165) is 12.0 Å². The average molecular weight is 506 g/mol. The van der Waals surface area contributed by atoms with Gasteiger partial charge in [0.15, 0.2) is 17.2 Å². The highest BCUT2D eigenvalue weighted by atomic mass is 35.5. The van der Waals surface area contributed by atoms with Gasteiger partial charge in [-0.2, -0.15) is 0 Å². The first-order chi connectivity index (χ1) is 15.6. The number of hydrogen-bond donors (Lipinski definition) is 2. The maximum absolute atomic E-state index is 12.3. The molecule has 170 valence electrons. The standard InChI is InChI=1S/C24H19Cl3N2O4/c1-24(2)12-13-6-5-9-19(20(13)33-24)32-21-17(26)10-14(11-18(21)27)28-23(31)29-22(30)15-7-3-4-8-16(15)25/h3-11H,12H2,1-2H3,(H2,28,29,30,31). The van der Waals surface area contributed by atoms with Crippen molar-refractivity contribution in [2.45, 2.75) is 25.9 Å². The number of carbonyl (C=O) groups excluding carboxylic acids is 2. The highest BCUT2D eigenvalue weighted by Crippen LogP contribution is 2.46. The van der Waals surface area contributed by atoms with Crippen molar-refractivity contribution in [3.63, 3.8) is 0 Å². The summed E-state index contributed by atoms with van der Waals surface area (Å²) < 4.78 is 12.0. The Bertz CT molecular complexity index is 1240. The predicted octanol–water partition coefficient (Wildman–Crippen LogP) is 7.11. The van der Waals surface area contributed by atoms with Crippen LogP contribution in [0.25, 0.3) is 0 Å². The lowest BCUT2D eigenvalue weighted by Gasteiger charge is -2.19. The summed E-state index contributed by atoms with van der Waals surface area (Å²) in [6, 6.07) is 14.2. The number of amides is 3. The minimum Gasteiger partial charge on any atom is -0.483 e. The first-order valence-electron chi connectivity index (χ1n) is 9.97. The van der Waals surface area contributed by atoms with Gasteiger partial charge in [0.2, 0.25) is 0 Å². The quantitative estimate of drug-likeness (QED) is 0.396. The largest absolute Gasteiger partial charge is 0.483 e. The van der Waals surface area contributed by atoms with E-state index in [4.69, 9.17) is 44.3 Å². The van der Waals surface area contributed by atoms with Gasteiger partial charge in [-0.05, 0) is 44.2 Å². The average Bonchev–Trinajstić information content (AvgIpc) is 3.05. The van der Waals surface area contributed by atoms with E-state index in [1.54, 1.807) is 24.3 Å². The van der Waals surface area contributed by atoms with E-state index in [0.29, 0.717) is 11.5 Å². The van der Waals surface area contributed by atoms with Crippen LogP contribution in [0.1, 0.15) is 29.8 Å². The van der Waals surface area contributed by atoms with Crippen molar-refractivity contribution in [3.05, 3.63) is 80.8 Å². The highest BCUT2D eigenvalue weighted by molar-refractivity contribution is 6.38. The van der Waals surface area contributed by atoms with Crippen LogP contribution in [-0.4, -0.2) is 17.5 Å². The van der Waals surface area contributed by atoms with Gasteiger partial charge < -0.3 is 14.8 Å². The van der Waals surface area contributed by atoms with Crippen LogP contribution in [0, 0.1) is 0 Å². The third kappa shape index (κ3) is 5.19. The lowest BCUT2D eigenvalue weighted by atomic mass is 10.0.